The van der Waals surface area contributed by atoms with Crippen LogP contribution in [-0.2, 0) is 12.8 Å². The van der Waals surface area contributed by atoms with E-state index in [0.29, 0.717) is 31.3 Å². The molecule has 0 saturated carbocycles. The molecule has 202 valence electrons. The Hall–Kier alpha value is -3.83. The summed E-state index contributed by atoms with van der Waals surface area (Å²) in [5.41, 5.74) is 0.198. The third kappa shape index (κ3) is 6.00. The van der Waals surface area contributed by atoms with Gasteiger partial charge in [0.2, 0.25) is 0 Å². The Balaban J connectivity index is 1.53. The summed E-state index contributed by atoms with van der Waals surface area (Å²) in [6.45, 7) is 0.126. The Kier molecular flexibility index (Phi) is 7.86. The highest BCUT2D eigenvalue weighted by Gasteiger charge is 2.31. The van der Waals surface area contributed by atoms with Crippen LogP contribution in [0.15, 0.2) is 104 Å². The van der Waals surface area contributed by atoms with Crippen LogP contribution in [0.1, 0.15) is 16.7 Å². The van der Waals surface area contributed by atoms with Crippen LogP contribution in [0.25, 0.3) is 22.3 Å². The molecule has 0 atom stereocenters. The summed E-state index contributed by atoms with van der Waals surface area (Å²) in [6, 6.07) is 20.5. The standard InChI is InChI=1S/C29H17Br2F4N3O2/c30-23-12-18(13-24(31)26(23)40-16-17-5-3-8-21(32)11-17)15-36-38-27(19-6-4-7-20(14-19)29(33,34)35)37-25-10-2-1-9-22(25)28(38)39/h1-15H,16H2. The van der Waals surface area contributed by atoms with Gasteiger partial charge in [0.05, 0.1) is 31.6 Å². The Morgan fingerprint density at radius 2 is 1.65 bits per heavy atom. The first-order valence-electron chi connectivity index (χ1n) is 11.7. The van der Waals surface area contributed by atoms with Gasteiger partial charge in [0.15, 0.2) is 5.82 Å². The van der Waals surface area contributed by atoms with E-state index in [-0.39, 0.29) is 29.2 Å². The van der Waals surface area contributed by atoms with Crippen molar-refractivity contribution in [2.24, 2.45) is 5.10 Å². The van der Waals surface area contributed by atoms with Gasteiger partial charge in [0.1, 0.15) is 18.2 Å². The molecule has 0 bridgehead atoms. The first-order chi connectivity index (χ1) is 19.1. The molecule has 0 saturated heterocycles. The minimum Gasteiger partial charge on any atom is -0.487 e. The van der Waals surface area contributed by atoms with E-state index >= 15 is 0 Å². The number of para-hydroxylation sites is 1. The molecule has 0 radical (unpaired) electrons. The van der Waals surface area contributed by atoms with Crippen molar-refractivity contribution < 1.29 is 22.3 Å². The molecule has 5 aromatic rings. The quantitative estimate of drug-likeness (QED) is 0.135. The van der Waals surface area contributed by atoms with Gasteiger partial charge < -0.3 is 4.74 Å². The van der Waals surface area contributed by atoms with Crippen LogP contribution in [0, 0.1) is 5.82 Å². The topological polar surface area (TPSA) is 56.5 Å². The number of halogens is 6. The van der Waals surface area contributed by atoms with Crippen molar-refractivity contribution >= 4 is 49.0 Å². The van der Waals surface area contributed by atoms with E-state index < -0.39 is 17.3 Å². The maximum absolute atomic E-state index is 13.5. The molecule has 40 heavy (non-hydrogen) atoms. The molecule has 0 aliphatic heterocycles. The lowest BCUT2D eigenvalue weighted by Gasteiger charge is -2.13. The average molecular weight is 675 g/mol. The predicted molar refractivity (Wildman–Crippen MR) is 152 cm³/mol. The first-order valence-corrected chi connectivity index (χ1v) is 13.3. The van der Waals surface area contributed by atoms with E-state index in [1.807, 2.05) is 0 Å². The summed E-state index contributed by atoms with van der Waals surface area (Å²) in [6.07, 6.45) is -3.18. The first kappa shape index (κ1) is 27.7. The summed E-state index contributed by atoms with van der Waals surface area (Å²) in [4.78, 5) is 17.8. The second kappa shape index (κ2) is 11.3. The fourth-order valence-electron chi connectivity index (χ4n) is 3.95. The highest BCUT2D eigenvalue weighted by molar-refractivity contribution is 9.11. The van der Waals surface area contributed by atoms with Crippen LogP contribution in [0.3, 0.4) is 0 Å². The number of ether oxygens (including phenoxy) is 1. The van der Waals surface area contributed by atoms with Gasteiger partial charge in [0.25, 0.3) is 5.56 Å². The molecular formula is C29H17Br2F4N3O2. The molecule has 11 heteroatoms. The van der Waals surface area contributed by atoms with Crippen LogP contribution in [-0.4, -0.2) is 15.9 Å². The molecule has 5 rings (SSSR count). The van der Waals surface area contributed by atoms with E-state index in [0.717, 1.165) is 16.8 Å². The number of rotatable bonds is 6. The van der Waals surface area contributed by atoms with Crippen LogP contribution < -0.4 is 10.3 Å². The zero-order valence-electron chi connectivity index (χ0n) is 20.3. The molecule has 0 aliphatic rings. The average Bonchev–Trinajstić information content (AvgIpc) is 2.92. The summed E-state index contributed by atoms with van der Waals surface area (Å²) in [7, 11) is 0. The van der Waals surface area contributed by atoms with Crippen LogP contribution in [0.5, 0.6) is 5.75 Å². The highest BCUT2D eigenvalue weighted by Crippen LogP contribution is 2.35. The maximum atomic E-state index is 13.5. The van der Waals surface area contributed by atoms with Crippen LogP contribution in [0.2, 0.25) is 0 Å². The largest absolute Gasteiger partial charge is 0.487 e. The van der Waals surface area contributed by atoms with Crippen molar-refractivity contribution in [2.45, 2.75) is 12.8 Å². The van der Waals surface area contributed by atoms with Gasteiger partial charge in [-0.05, 0) is 91.5 Å². The number of aromatic nitrogens is 2. The van der Waals surface area contributed by atoms with E-state index in [1.54, 1.807) is 48.5 Å². The molecule has 0 fully saturated rings. The van der Waals surface area contributed by atoms with Gasteiger partial charge in [-0.15, -0.1) is 0 Å². The summed E-state index contributed by atoms with van der Waals surface area (Å²) in [5, 5.41) is 4.58. The molecule has 0 amide bonds. The van der Waals surface area contributed by atoms with Crippen molar-refractivity contribution in [2.75, 3.05) is 0 Å². The number of hydrogen-bond acceptors (Lipinski definition) is 4. The second-order valence-corrected chi connectivity index (χ2v) is 10.3. The minimum absolute atomic E-state index is 0.0424. The Bertz CT molecular complexity index is 1800. The highest BCUT2D eigenvalue weighted by atomic mass is 79.9. The molecule has 0 N–H and O–H groups in total. The SMILES string of the molecule is O=c1c2ccccc2nc(-c2cccc(C(F)(F)F)c2)n1N=Cc1cc(Br)c(OCc2cccc(F)c2)c(Br)c1. The normalized spacial score (nSPS) is 11.8. The molecule has 5 nitrogen and oxygen atoms in total. The van der Waals surface area contributed by atoms with Crippen molar-refractivity contribution in [3.05, 3.63) is 127 Å². The molecule has 4 aromatic carbocycles. The number of fused-ring (bicyclic) bond motifs is 1. The van der Waals surface area contributed by atoms with Gasteiger partial charge in [-0.1, -0.05) is 36.4 Å². The van der Waals surface area contributed by atoms with Crippen molar-refractivity contribution in [3.63, 3.8) is 0 Å². The second-order valence-electron chi connectivity index (χ2n) is 8.62. The number of hydrogen-bond donors (Lipinski definition) is 0. The van der Waals surface area contributed by atoms with E-state index in [2.05, 4.69) is 41.9 Å². The molecule has 0 unspecified atom stereocenters. The number of nitrogens with zero attached hydrogens (tertiary/aromatic N) is 3. The van der Waals surface area contributed by atoms with Crippen molar-refractivity contribution in [1.29, 1.82) is 0 Å². The van der Waals surface area contributed by atoms with Gasteiger partial charge in [-0.25, -0.2) is 9.37 Å². The monoisotopic (exact) mass is 673 g/mol. The van der Waals surface area contributed by atoms with Gasteiger partial charge in [-0.3, -0.25) is 4.79 Å². The van der Waals surface area contributed by atoms with Gasteiger partial charge in [-0.2, -0.15) is 22.9 Å². The van der Waals surface area contributed by atoms with Gasteiger partial charge >= 0.3 is 6.18 Å². The fraction of sp³-hybridized carbons (Fsp3) is 0.0690. The smallest absolute Gasteiger partial charge is 0.416 e. The summed E-state index contributed by atoms with van der Waals surface area (Å²) < 4.78 is 61.7. The number of alkyl halides is 3. The maximum Gasteiger partial charge on any atom is 0.416 e. The molecular weight excluding hydrogens is 658 g/mol. The van der Waals surface area contributed by atoms with Crippen LogP contribution in [0.4, 0.5) is 17.6 Å². The van der Waals surface area contributed by atoms with Crippen LogP contribution >= 0.6 is 31.9 Å². The van der Waals surface area contributed by atoms with E-state index in [9.17, 15) is 22.4 Å². The Labute approximate surface area is 242 Å². The molecule has 0 spiro atoms. The predicted octanol–water partition coefficient (Wildman–Crippen LogP) is 8.21. The zero-order valence-corrected chi connectivity index (χ0v) is 23.5. The van der Waals surface area contributed by atoms with Gasteiger partial charge in [0, 0.05) is 5.56 Å². The zero-order chi connectivity index (χ0) is 28.4. The third-order valence-corrected chi connectivity index (χ3v) is 7.00. The van der Waals surface area contributed by atoms with Crippen molar-refractivity contribution in [1.82, 2.24) is 9.66 Å². The summed E-state index contributed by atoms with van der Waals surface area (Å²) >= 11 is 6.92. The number of benzene rings is 4. The molecule has 1 aromatic heterocycles. The van der Waals surface area contributed by atoms with Crippen molar-refractivity contribution in [3.8, 4) is 17.1 Å². The fourth-order valence-corrected chi connectivity index (χ4v) is 5.40. The Morgan fingerprint density at radius 1 is 0.925 bits per heavy atom. The Morgan fingerprint density at radius 3 is 2.38 bits per heavy atom. The lowest BCUT2D eigenvalue weighted by atomic mass is 10.1. The summed E-state index contributed by atoms with van der Waals surface area (Å²) in [5.74, 6) is 0.0588. The molecule has 1 heterocycles. The minimum atomic E-state index is -4.57. The van der Waals surface area contributed by atoms with E-state index in [1.165, 1.54) is 30.5 Å². The van der Waals surface area contributed by atoms with E-state index in [4.69, 9.17) is 4.74 Å². The molecule has 0 aliphatic carbocycles. The lowest BCUT2D eigenvalue weighted by molar-refractivity contribution is -0.137. The lowest BCUT2D eigenvalue weighted by Crippen LogP contribution is -2.20. The third-order valence-electron chi connectivity index (χ3n) is 5.82.